The molecule has 0 radical (unpaired) electrons. The van der Waals surface area contributed by atoms with Crippen LogP contribution in [0.1, 0.15) is 6.42 Å². The van der Waals surface area contributed by atoms with Gasteiger partial charge < -0.3 is 33.9 Å². The zero-order valence-corrected chi connectivity index (χ0v) is 20.5. The summed E-state index contributed by atoms with van der Waals surface area (Å²) >= 11 is 1.34. The zero-order valence-electron chi connectivity index (χ0n) is 19.7. The summed E-state index contributed by atoms with van der Waals surface area (Å²) in [6.07, 6.45) is -4.28. The molecule has 2 N–H and O–H groups in total. The Bertz CT molecular complexity index is 1350. The lowest BCUT2D eigenvalue weighted by Gasteiger charge is -2.11. The van der Waals surface area contributed by atoms with E-state index in [9.17, 15) is 22.8 Å². The lowest BCUT2D eigenvalue weighted by molar-refractivity contribution is -0.274. The van der Waals surface area contributed by atoms with E-state index in [0.717, 1.165) is 11.3 Å². The predicted molar refractivity (Wildman–Crippen MR) is 128 cm³/mol. The number of carboxylic acid groups (broad SMARTS) is 1. The molecule has 14 heteroatoms. The number of carbonyl (C=O) groups excluding carboxylic acids is 1. The smallest absolute Gasteiger partial charge is 0.480 e. The van der Waals surface area contributed by atoms with Gasteiger partial charge >= 0.3 is 12.3 Å². The van der Waals surface area contributed by atoms with Crippen molar-refractivity contribution in [3.8, 4) is 28.5 Å². The number of amides is 1. The SMILES string of the molecule is O=C(O)COCC(=O)NCCCn1c(-c2ccc3c(c2)OCO3)cs/c1=N\c1ccc(OC(F)(F)F)cc1. The highest BCUT2D eigenvalue weighted by molar-refractivity contribution is 7.07. The van der Waals surface area contributed by atoms with Gasteiger partial charge in [-0.2, -0.15) is 0 Å². The Labute approximate surface area is 217 Å². The van der Waals surface area contributed by atoms with Crippen LogP contribution in [0.5, 0.6) is 17.2 Å². The first-order chi connectivity index (χ1) is 18.2. The fourth-order valence-electron chi connectivity index (χ4n) is 3.50. The second kappa shape index (κ2) is 12.0. The first kappa shape index (κ1) is 27.0. The number of alkyl halides is 3. The summed E-state index contributed by atoms with van der Waals surface area (Å²) in [6, 6.07) is 10.7. The van der Waals surface area contributed by atoms with Crippen molar-refractivity contribution in [2.24, 2.45) is 4.99 Å². The highest BCUT2D eigenvalue weighted by Crippen LogP contribution is 2.36. The standard InChI is InChI=1S/C24H22F3N3O7S/c25-24(26,27)37-17-5-3-16(4-6-17)29-23-30(9-1-8-28-21(31)11-34-12-22(32)33)18(13-38-23)15-2-7-19-20(10-15)36-14-35-19/h2-7,10,13H,1,8-9,11-12,14H2,(H,28,31)(H,32,33)/b29-23-. The van der Waals surface area contributed by atoms with Gasteiger partial charge in [-0.1, -0.05) is 0 Å². The molecule has 0 atom stereocenters. The summed E-state index contributed by atoms with van der Waals surface area (Å²) in [5, 5.41) is 13.1. The second-order valence-electron chi connectivity index (χ2n) is 7.87. The van der Waals surface area contributed by atoms with Crippen LogP contribution in [0.2, 0.25) is 0 Å². The summed E-state index contributed by atoms with van der Waals surface area (Å²) < 4.78 is 58.8. The van der Waals surface area contributed by atoms with E-state index in [1.165, 1.54) is 35.6 Å². The number of ether oxygens (including phenoxy) is 4. The van der Waals surface area contributed by atoms with Gasteiger partial charge in [0.2, 0.25) is 12.7 Å². The van der Waals surface area contributed by atoms with E-state index in [-0.39, 0.29) is 19.1 Å². The van der Waals surface area contributed by atoms with E-state index in [2.05, 4.69) is 15.0 Å². The summed E-state index contributed by atoms with van der Waals surface area (Å²) in [6.45, 7) is -0.0631. The number of nitrogens with zero attached hydrogens (tertiary/aromatic N) is 2. The quantitative estimate of drug-likeness (QED) is 0.348. The number of benzene rings is 2. The van der Waals surface area contributed by atoms with Crippen molar-refractivity contribution in [3.05, 3.63) is 52.6 Å². The van der Waals surface area contributed by atoms with Crippen molar-refractivity contribution in [2.45, 2.75) is 19.3 Å². The molecule has 2 aromatic carbocycles. The van der Waals surface area contributed by atoms with Gasteiger partial charge in [-0.3, -0.25) is 4.79 Å². The Morgan fingerprint density at radius 2 is 1.87 bits per heavy atom. The number of nitrogens with one attached hydrogen (secondary N) is 1. The number of fused-ring (bicyclic) bond motifs is 1. The van der Waals surface area contributed by atoms with E-state index in [1.807, 2.05) is 22.1 Å². The molecule has 0 saturated heterocycles. The molecule has 0 spiro atoms. The number of carbonyl (C=O) groups is 2. The van der Waals surface area contributed by atoms with Crippen LogP contribution >= 0.6 is 11.3 Å². The highest BCUT2D eigenvalue weighted by Gasteiger charge is 2.31. The van der Waals surface area contributed by atoms with Gasteiger partial charge in [-0.15, -0.1) is 24.5 Å². The molecular weight excluding hydrogens is 531 g/mol. The molecule has 2 heterocycles. The number of aromatic nitrogens is 1. The van der Waals surface area contributed by atoms with E-state index < -0.39 is 24.8 Å². The molecule has 0 bridgehead atoms. The van der Waals surface area contributed by atoms with Gasteiger partial charge in [0.1, 0.15) is 19.0 Å². The molecule has 0 aliphatic carbocycles. The summed E-state index contributed by atoms with van der Waals surface area (Å²) in [5.41, 5.74) is 2.09. The average Bonchev–Trinajstić information content (AvgIpc) is 3.48. The minimum atomic E-state index is -4.78. The maximum Gasteiger partial charge on any atom is 0.573 e. The van der Waals surface area contributed by atoms with Crippen molar-refractivity contribution in [2.75, 3.05) is 26.6 Å². The van der Waals surface area contributed by atoms with Crippen LogP contribution in [-0.2, 0) is 20.9 Å². The largest absolute Gasteiger partial charge is 0.573 e. The Morgan fingerprint density at radius 3 is 2.61 bits per heavy atom. The molecule has 38 heavy (non-hydrogen) atoms. The van der Waals surface area contributed by atoms with Gasteiger partial charge in [-0.25, -0.2) is 9.79 Å². The molecule has 202 valence electrons. The maximum absolute atomic E-state index is 12.5. The summed E-state index contributed by atoms with van der Waals surface area (Å²) in [5.74, 6) is -0.716. The molecule has 1 amide bonds. The molecule has 3 aromatic rings. The lowest BCUT2D eigenvalue weighted by Crippen LogP contribution is -2.30. The van der Waals surface area contributed by atoms with E-state index in [4.69, 9.17) is 19.3 Å². The third kappa shape index (κ3) is 7.49. The fraction of sp³-hybridized carbons (Fsp3) is 0.292. The number of carboxylic acids is 1. The Kier molecular flexibility index (Phi) is 8.53. The van der Waals surface area contributed by atoms with Gasteiger partial charge in [0.15, 0.2) is 16.3 Å². The van der Waals surface area contributed by atoms with Gasteiger partial charge in [-0.05, 0) is 48.9 Å². The lowest BCUT2D eigenvalue weighted by atomic mass is 10.1. The average molecular weight is 554 g/mol. The zero-order chi connectivity index (χ0) is 27.1. The number of hydrogen-bond acceptors (Lipinski definition) is 8. The van der Waals surface area contributed by atoms with Crippen molar-refractivity contribution >= 4 is 28.9 Å². The fourth-order valence-corrected chi connectivity index (χ4v) is 4.46. The number of thiazole rings is 1. The highest BCUT2D eigenvalue weighted by atomic mass is 32.1. The number of rotatable bonds is 11. The Morgan fingerprint density at radius 1 is 1.11 bits per heavy atom. The number of hydrogen-bond donors (Lipinski definition) is 2. The van der Waals surface area contributed by atoms with Gasteiger partial charge in [0.05, 0.1) is 11.4 Å². The molecule has 1 aliphatic rings. The molecule has 1 aliphatic heterocycles. The second-order valence-corrected chi connectivity index (χ2v) is 8.70. The van der Waals surface area contributed by atoms with E-state index in [0.29, 0.717) is 41.5 Å². The molecule has 0 fully saturated rings. The van der Waals surface area contributed by atoms with Crippen LogP contribution in [0.3, 0.4) is 0 Å². The Balaban J connectivity index is 1.52. The molecule has 0 unspecified atom stereocenters. The van der Waals surface area contributed by atoms with Crippen LogP contribution < -0.4 is 24.3 Å². The first-order valence-corrected chi connectivity index (χ1v) is 12.1. The van der Waals surface area contributed by atoms with Crippen LogP contribution in [0.15, 0.2) is 52.8 Å². The topological polar surface area (TPSA) is 121 Å². The van der Waals surface area contributed by atoms with Crippen molar-refractivity contribution < 1.29 is 46.8 Å². The van der Waals surface area contributed by atoms with Gasteiger partial charge in [0.25, 0.3) is 0 Å². The maximum atomic E-state index is 12.5. The Hall–Kier alpha value is -4.04. The van der Waals surface area contributed by atoms with Crippen molar-refractivity contribution in [1.29, 1.82) is 0 Å². The summed E-state index contributed by atoms with van der Waals surface area (Å²) in [4.78, 5) is 27.5. The predicted octanol–water partition coefficient (Wildman–Crippen LogP) is 3.68. The number of aliphatic carboxylic acids is 1. The minimum absolute atomic E-state index is 0.132. The molecule has 10 nitrogen and oxygen atoms in total. The molecule has 1 aromatic heterocycles. The normalized spacial score (nSPS) is 13.0. The van der Waals surface area contributed by atoms with Crippen molar-refractivity contribution in [1.82, 2.24) is 9.88 Å². The third-order valence-electron chi connectivity index (χ3n) is 5.10. The number of halogens is 3. The van der Waals surface area contributed by atoms with Crippen LogP contribution in [0.25, 0.3) is 11.3 Å². The summed E-state index contributed by atoms with van der Waals surface area (Å²) in [7, 11) is 0. The molecule has 4 rings (SSSR count). The first-order valence-electron chi connectivity index (χ1n) is 11.2. The van der Waals surface area contributed by atoms with Crippen molar-refractivity contribution in [3.63, 3.8) is 0 Å². The van der Waals surface area contributed by atoms with E-state index >= 15 is 0 Å². The molecule has 0 saturated carbocycles. The third-order valence-corrected chi connectivity index (χ3v) is 5.96. The van der Waals surface area contributed by atoms with E-state index in [1.54, 1.807) is 6.07 Å². The van der Waals surface area contributed by atoms with Crippen LogP contribution in [0.4, 0.5) is 18.9 Å². The van der Waals surface area contributed by atoms with Crippen LogP contribution in [0, 0.1) is 0 Å². The van der Waals surface area contributed by atoms with Gasteiger partial charge in [0, 0.05) is 24.0 Å². The molecular formula is C24H22F3N3O7S. The van der Waals surface area contributed by atoms with Crippen LogP contribution in [-0.4, -0.2) is 54.5 Å². The monoisotopic (exact) mass is 553 g/mol. The minimum Gasteiger partial charge on any atom is -0.480 e.